The van der Waals surface area contributed by atoms with E-state index in [1.165, 1.54) is 37.7 Å². The van der Waals surface area contributed by atoms with Crippen LogP contribution in [0.3, 0.4) is 0 Å². The first-order valence-electron chi connectivity index (χ1n) is 9.04. The quantitative estimate of drug-likeness (QED) is 0.605. The summed E-state index contributed by atoms with van der Waals surface area (Å²) in [5.74, 6) is 2.42. The highest BCUT2D eigenvalue weighted by Gasteiger charge is 2.42. The third-order valence-electron chi connectivity index (χ3n) is 5.27. The highest BCUT2D eigenvalue weighted by atomic mass is 14.5. The molecule has 0 saturated heterocycles. The van der Waals surface area contributed by atoms with Crippen LogP contribution >= 0.6 is 0 Å². The van der Waals surface area contributed by atoms with Gasteiger partial charge < -0.3 is 0 Å². The molecule has 1 saturated carbocycles. The van der Waals surface area contributed by atoms with Crippen LogP contribution in [0.15, 0.2) is 48.6 Å². The molecule has 0 spiro atoms. The molecule has 1 aromatic rings. The molecule has 0 heteroatoms. The number of hydrogen-bond donors (Lipinski definition) is 0. The minimum absolute atomic E-state index is 0.511. The first kappa shape index (κ1) is 15.6. The van der Waals surface area contributed by atoms with E-state index in [4.69, 9.17) is 0 Å². The summed E-state index contributed by atoms with van der Waals surface area (Å²) < 4.78 is 0. The Morgan fingerprint density at radius 2 is 1.82 bits per heavy atom. The minimum Gasteiger partial charge on any atom is -0.0805 e. The Hall–Kier alpha value is -1.30. The van der Waals surface area contributed by atoms with Crippen LogP contribution in [0, 0.1) is 24.2 Å². The van der Waals surface area contributed by atoms with Crippen molar-refractivity contribution in [1.82, 2.24) is 0 Å². The summed E-state index contributed by atoms with van der Waals surface area (Å²) >= 11 is 0. The van der Waals surface area contributed by atoms with Crippen molar-refractivity contribution >= 4 is 0 Å². The summed E-state index contributed by atoms with van der Waals surface area (Å²) in [6.45, 7) is 4.58. The van der Waals surface area contributed by atoms with Gasteiger partial charge in [-0.25, -0.2) is 0 Å². The zero-order valence-corrected chi connectivity index (χ0v) is 14.0. The molecule has 1 fully saturated rings. The van der Waals surface area contributed by atoms with Gasteiger partial charge in [-0.3, -0.25) is 0 Å². The fourth-order valence-corrected chi connectivity index (χ4v) is 4.21. The Morgan fingerprint density at radius 1 is 1.00 bits per heavy atom. The predicted octanol–water partition coefficient (Wildman–Crippen LogP) is 5.98. The van der Waals surface area contributed by atoms with Crippen LogP contribution in [0.5, 0.6) is 0 Å². The van der Waals surface area contributed by atoms with Crippen LogP contribution in [0.25, 0.3) is 0 Å². The molecule has 2 aliphatic carbocycles. The van der Waals surface area contributed by atoms with Crippen LogP contribution in [-0.4, -0.2) is 0 Å². The van der Waals surface area contributed by atoms with Crippen LogP contribution < -0.4 is 0 Å². The van der Waals surface area contributed by atoms with E-state index in [1.807, 2.05) is 0 Å². The lowest BCUT2D eigenvalue weighted by atomic mass is 9.78. The van der Waals surface area contributed by atoms with E-state index in [9.17, 15) is 0 Å². The summed E-state index contributed by atoms with van der Waals surface area (Å²) in [6.07, 6.45) is 19.5. The molecule has 0 bridgehead atoms. The first-order valence-corrected chi connectivity index (χ1v) is 9.04. The molecule has 116 valence electrons. The standard InChI is InChI=1S/C22H28/c1-3-5-13-21-20-15-9-7-12-18(20)16-22(21)19-14-8-6-11-17(19)10-4-2/h6-9,11-12,14-15,18,20-22H,3-5,10,13H2,1-2H3. The van der Waals surface area contributed by atoms with Crippen molar-refractivity contribution in [3.8, 4) is 0 Å². The van der Waals surface area contributed by atoms with Crippen molar-refractivity contribution in [2.24, 2.45) is 17.8 Å². The van der Waals surface area contributed by atoms with E-state index in [0.717, 1.165) is 5.92 Å². The number of benzene rings is 1. The molecule has 22 heavy (non-hydrogen) atoms. The predicted molar refractivity (Wildman–Crippen MR) is 94.7 cm³/mol. The van der Waals surface area contributed by atoms with Gasteiger partial charge in [0.15, 0.2) is 0 Å². The number of rotatable bonds is 6. The SMILES string of the molecule is CCCCC1C(c2ccccc2CCC)[C]C2C=CC=CC21. The van der Waals surface area contributed by atoms with Gasteiger partial charge in [-0.05, 0) is 54.1 Å². The molecule has 3 rings (SSSR count). The number of unbranched alkanes of at least 4 members (excludes halogenated alkanes) is 1. The molecule has 0 heterocycles. The molecule has 0 amide bonds. The molecule has 4 atom stereocenters. The second-order valence-electron chi connectivity index (χ2n) is 6.77. The maximum Gasteiger partial charge on any atom is -0.000869 e. The Morgan fingerprint density at radius 3 is 2.64 bits per heavy atom. The molecule has 0 N–H and O–H groups in total. The van der Waals surface area contributed by atoms with Crippen molar-refractivity contribution in [2.75, 3.05) is 0 Å². The Kier molecular flexibility index (Phi) is 5.18. The van der Waals surface area contributed by atoms with Crippen LogP contribution in [0.2, 0.25) is 0 Å². The summed E-state index contributed by atoms with van der Waals surface area (Å²) in [6, 6.07) is 9.08. The zero-order chi connectivity index (χ0) is 15.4. The van der Waals surface area contributed by atoms with E-state index in [-0.39, 0.29) is 0 Å². The normalized spacial score (nSPS) is 29.7. The van der Waals surface area contributed by atoms with Crippen molar-refractivity contribution in [3.05, 3.63) is 66.1 Å². The maximum atomic E-state index is 3.93. The van der Waals surface area contributed by atoms with Crippen LogP contribution in [-0.2, 0) is 6.42 Å². The smallest absolute Gasteiger partial charge is 0.000869 e. The fourth-order valence-electron chi connectivity index (χ4n) is 4.21. The second kappa shape index (κ2) is 7.31. The van der Waals surface area contributed by atoms with E-state index < -0.39 is 0 Å². The number of fused-ring (bicyclic) bond motifs is 1. The van der Waals surface area contributed by atoms with Gasteiger partial charge in [-0.1, -0.05) is 81.7 Å². The van der Waals surface area contributed by atoms with E-state index in [2.05, 4.69) is 68.8 Å². The summed E-state index contributed by atoms with van der Waals surface area (Å²) in [4.78, 5) is 0. The van der Waals surface area contributed by atoms with Gasteiger partial charge in [0, 0.05) is 0 Å². The monoisotopic (exact) mass is 292 g/mol. The van der Waals surface area contributed by atoms with Crippen molar-refractivity contribution in [3.63, 3.8) is 0 Å². The van der Waals surface area contributed by atoms with Crippen molar-refractivity contribution in [1.29, 1.82) is 0 Å². The lowest BCUT2D eigenvalue weighted by molar-refractivity contribution is 0.359. The van der Waals surface area contributed by atoms with Crippen molar-refractivity contribution < 1.29 is 0 Å². The Labute approximate surface area is 136 Å². The first-order chi connectivity index (χ1) is 10.8. The third-order valence-corrected chi connectivity index (χ3v) is 5.27. The molecular formula is C22H28. The Balaban J connectivity index is 1.90. The zero-order valence-electron chi connectivity index (χ0n) is 14.0. The lowest BCUT2D eigenvalue weighted by Crippen LogP contribution is -2.16. The van der Waals surface area contributed by atoms with Gasteiger partial charge in [0.1, 0.15) is 0 Å². The highest BCUT2D eigenvalue weighted by molar-refractivity contribution is 5.38. The molecule has 0 aliphatic heterocycles. The average molecular weight is 292 g/mol. The fraction of sp³-hybridized carbons (Fsp3) is 0.500. The molecular weight excluding hydrogens is 264 g/mol. The molecule has 1 aromatic carbocycles. The van der Waals surface area contributed by atoms with Gasteiger partial charge in [0.25, 0.3) is 0 Å². The molecule has 2 radical (unpaired) electrons. The van der Waals surface area contributed by atoms with Crippen LogP contribution in [0.4, 0.5) is 0 Å². The van der Waals surface area contributed by atoms with Gasteiger partial charge in [0.05, 0.1) is 0 Å². The van der Waals surface area contributed by atoms with Gasteiger partial charge in [-0.15, -0.1) is 0 Å². The summed E-state index contributed by atoms with van der Waals surface area (Å²) in [5.41, 5.74) is 3.08. The second-order valence-corrected chi connectivity index (χ2v) is 6.77. The minimum atomic E-state index is 0.511. The molecule has 0 nitrogen and oxygen atoms in total. The molecule has 0 aromatic heterocycles. The maximum absolute atomic E-state index is 3.93. The number of hydrogen-bond acceptors (Lipinski definition) is 0. The van der Waals surface area contributed by atoms with E-state index in [1.54, 1.807) is 5.56 Å². The van der Waals surface area contributed by atoms with Gasteiger partial charge >= 0.3 is 0 Å². The van der Waals surface area contributed by atoms with Gasteiger partial charge in [-0.2, -0.15) is 0 Å². The van der Waals surface area contributed by atoms with Gasteiger partial charge in [0.2, 0.25) is 0 Å². The topological polar surface area (TPSA) is 0 Å². The third kappa shape index (κ3) is 3.07. The van der Waals surface area contributed by atoms with E-state index >= 15 is 0 Å². The largest absolute Gasteiger partial charge is 0.0805 e. The lowest BCUT2D eigenvalue weighted by Gasteiger charge is -2.26. The van der Waals surface area contributed by atoms with E-state index in [0.29, 0.717) is 17.8 Å². The Bertz CT molecular complexity index is 537. The number of allylic oxidation sites excluding steroid dienone is 4. The summed E-state index contributed by atoms with van der Waals surface area (Å²) in [7, 11) is 0. The molecule has 2 aliphatic rings. The molecule has 4 unspecified atom stereocenters. The summed E-state index contributed by atoms with van der Waals surface area (Å²) in [5, 5.41) is 0. The average Bonchev–Trinajstić information content (AvgIpc) is 2.92. The number of aryl methyl sites for hydroxylation is 1. The van der Waals surface area contributed by atoms with Crippen molar-refractivity contribution in [2.45, 2.75) is 51.9 Å². The highest BCUT2D eigenvalue weighted by Crippen LogP contribution is 2.51. The van der Waals surface area contributed by atoms with Crippen LogP contribution in [0.1, 0.15) is 56.6 Å².